The molecular weight excluding hydrogens is 462 g/mol. The molecule has 6 rings (SSSR count). The van der Waals surface area contributed by atoms with Crippen LogP contribution in [0.2, 0.25) is 0 Å². The molecule has 2 aliphatic heterocycles. The van der Waals surface area contributed by atoms with Gasteiger partial charge in [-0.05, 0) is 42.5 Å². The van der Waals surface area contributed by atoms with Gasteiger partial charge in [-0.1, -0.05) is 56.2 Å². The minimum atomic E-state index is -0.525. The number of aromatic nitrogens is 1. The molecule has 0 atom stereocenters. The van der Waals surface area contributed by atoms with Gasteiger partial charge in [-0.25, -0.2) is 4.98 Å². The van der Waals surface area contributed by atoms with Gasteiger partial charge in [-0.2, -0.15) is 0 Å². The van der Waals surface area contributed by atoms with Crippen LogP contribution in [-0.4, -0.2) is 54.4 Å². The third kappa shape index (κ3) is 5.31. The van der Waals surface area contributed by atoms with E-state index in [4.69, 9.17) is 5.73 Å². The molecule has 1 aliphatic carbocycles. The van der Waals surface area contributed by atoms with E-state index in [2.05, 4.69) is 64.7 Å². The largest absolute Gasteiger partial charge is 0.368 e. The van der Waals surface area contributed by atoms with E-state index in [1.54, 1.807) is 4.90 Å². The number of nitrogens with zero attached hydrogens (tertiary/aromatic N) is 4. The van der Waals surface area contributed by atoms with Crippen LogP contribution in [0.3, 0.4) is 0 Å². The molecule has 1 saturated carbocycles. The Labute approximate surface area is 218 Å². The van der Waals surface area contributed by atoms with Crippen LogP contribution in [0.1, 0.15) is 46.6 Å². The van der Waals surface area contributed by atoms with Crippen LogP contribution in [0.25, 0.3) is 10.8 Å². The van der Waals surface area contributed by atoms with Crippen LogP contribution < -0.4 is 15.5 Å². The van der Waals surface area contributed by atoms with E-state index >= 15 is 0 Å². The number of primary amides is 1. The van der Waals surface area contributed by atoms with Gasteiger partial charge in [0.25, 0.3) is 5.91 Å². The van der Waals surface area contributed by atoms with E-state index in [1.807, 2.05) is 6.07 Å². The first kappa shape index (κ1) is 24.8. The van der Waals surface area contributed by atoms with Crippen molar-refractivity contribution in [2.24, 2.45) is 5.73 Å². The monoisotopic (exact) mass is 497 g/mol. The number of nitrogens with two attached hydrogens (primary N) is 1. The van der Waals surface area contributed by atoms with Gasteiger partial charge in [0.1, 0.15) is 5.69 Å². The number of fused-ring (bicyclic) bond motifs is 2. The first-order valence-electron chi connectivity index (χ1n) is 13.2. The topological polar surface area (TPSA) is 82.8 Å². The highest BCUT2D eigenvalue weighted by Gasteiger charge is 2.28. The van der Waals surface area contributed by atoms with Gasteiger partial charge in [0.15, 0.2) is 0 Å². The summed E-state index contributed by atoms with van der Waals surface area (Å²) in [4.78, 5) is 35.2. The summed E-state index contributed by atoms with van der Waals surface area (Å²) in [5, 5.41) is 2.47. The molecule has 1 aromatic heterocycles. The molecule has 7 nitrogen and oxygen atoms in total. The lowest BCUT2D eigenvalue weighted by Crippen LogP contribution is -2.49. The van der Waals surface area contributed by atoms with E-state index < -0.39 is 5.91 Å². The van der Waals surface area contributed by atoms with Crippen molar-refractivity contribution in [2.45, 2.75) is 39.2 Å². The van der Waals surface area contributed by atoms with Gasteiger partial charge < -0.3 is 20.4 Å². The quantitative estimate of drug-likeness (QED) is 0.546. The summed E-state index contributed by atoms with van der Waals surface area (Å²) in [7, 11) is 0. The predicted molar refractivity (Wildman–Crippen MR) is 149 cm³/mol. The molecular formula is C30H35N5O2. The fraction of sp³-hybridized carbons (Fsp3) is 0.367. The second-order valence-corrected chi connectivity index (χ2v) is 10.0. The van der Waals surface area contributed by atoms with Crippen molar-refractivity contribution in [1.82, 2.24) is 9.88 Å². The molecule has 0 unspecified atom stereocenters. The highest BCUT2D eigenvalue weighted by atomic mass is 16.2. The summed E-state index contributed by atoms with van der Waals surface area (Å²) in [5.74, 6) is -0.571. The number of amides is 2. The first-order chi connectivity index (χ1) is 18.0. The molecule has 3 aliphatic rings. The molecule has 0 spiro atoms. The molecule has 1 saturated heterocycles. The van der Waals surface area contributed by atoms with Crippen molar-refractivity contribution >= 4 is 34.0 Å². The minimum absolute atomic E-state index is 0.0461. The predicted octanol–water partition coefficient (Wildman–Crippen LogP) is 4.21. The lowest BCUT2D eigenvalue weighted by atomic mass is 9.97. The number of aryl methyl sites for hydroxylation is 1. The fourth-order valence-electron chi connectivity index (χ4n) is 5.20. The maximum Gasteiger partial charge on any atom is 0.267 e. The molecule has 2 amide bonds. The zero-order valence-corrected chi connectivity index (χ0v) is 21.6. The molecule has 7 heteroatoms. The molecule has 3 aromatic rings. The third-order valence-corrected chi connectivity index (χ3v) is 7.30. The summed E-state index contributed by atoms with van der Waals surface area (Å²) in [5.41, 5.74) is 11.5. The van der Waals surface area contributed by atoms with Crippen LogP contribution >= 0.6 is 0 Å². The van der Waals surface area contributed by atoms with Gasteiger partial charge in [0.05, 0.1) is 12.2 Å². The molecule has 2 aromatic carbocycles. The van der Waals surface area contributed by atoms with Crippen LogP contribution in [-0.2, 0) is 17.8 Å². The molecule has 3 heterocycles. The Morgan fingerprint density at radius 1 is 0.946 bits per heavy atom. The first-order valence-corrected chi connectivity index (χ1v) is 13.2. The smallest absolute Gasteiger partial charge is 0.267 e. The number of piperazine rings is 1. The Kier molecular flexibility index (Phi) is 7.12. The Hall–Kier alpha value is -3.87. The summed E-state index contributed by atoms with van der Waals surface area (Å²) < 4.78 is 0. The standard InChI is InChI=1S/C27H29N5O2.C3H6/c1-3-25(33)31-14-12-30(13-15-31)24-16-21(27(28)34)29-22-17-32(11-10-20(22)24)23-9-5-8-19-7-4-6-18(2)26(19)23;1-2-3-1/h3-9,16H,1,10-15,17H2,2H3,(H2,28,34);1-3H2. The van der Waals surface area contributed by atoms with Crippen molar-refractivity contribution in [1.29, 1.82) is 0 Å². The minimum Gasteiger partial charge on any atom is -0.368 e. The number of carbonyl (C=O) groups excluding carboxylic acids is 2. The normalized spacial score (nSPS) is 16.5. The highest BCUT2D eigenvalue weighted by molar-refractivity contribution is 5.97. The molecule has 192 valence electrons. The Morgan fingerprint density at radius 2 is 1.65 bits per heavy atom. The number of anilines is 2. The molecule has 2 fully saturated rings. The molecule has 0 bridgehead atoms. The number of carbonyl (C=O) groups is 2. The Balaban J connectivity index is 0.000000872. The van der Waals surface area contributed by atoms with E-state index in [0.29, 0.717) is 32.7 Å². The summed E-state index contributed by atoms with van der Waals surface area (Å²) >= 11 is 0. The Bertz CT molecular complexity index is 1330. The highest BCUT2D eigenvalue weighted by Crippen LogP contribution is 2.35. The molecule has 0 radical (unpaired) electrons. The van der Waals surface area contributed by atoms with Crippen LogP contribution in [0.4, 0.5) is 11.4 Å². The van der Waals surface area contributed by atoms with Gasteiger partial charge in [-0.15, -0.1) is 0 Å². The SMILES string of the molecule is C1CC1.C=CC(=O)N1CCN(c2cc(C(N)=O)nc3c2CCN(c2cccc4cccc(C)c24)C3)CC1. The van der Waals surface area contributed by atoms with Gasteiger partial charge in [0.2, 0.25) is 5.91 Å². The van der Waals surface area contributed by atoms with Crippen molar-refractivity contribution < 1.29 is 9.59 Å². The lowest BCUT2D eigenvalue weighted by molar-refractivity contribution is -0.126. The van der Waals surface area contributed by atoms with Crippen molar-refractivity contribution in [3.63, 3.8) is 0 Å². The van der Waals surface area contributed by atoms with Crippen molar-refractivity contribution in [3.8, 4) is 0 Å². The average molecular weight is 498 g/mol. The number of hydrogen-bond acceptors (Lipinski definition) is 5. The second-order valence-electron chi connectivity index (χ2n) is 10.0. The van der Waals surface area contributed by atoms with Gasteiger partial charge >= 0.3 is 0 Å². The summed E-state index contributed by atoms with van der Waals surface area (Å²) in [6, 6.07) is 14.6. The number of pyridine rings is 1. The maximum atomic E-state index is 12.1. The number of benzene rings is 2. The maximum absolute atomic E-state index is 12.1. The number of rotatable bonds is 4. The van der Waals surface area contributed by atoms with Gasteiger partial charge in [0, 0.05) is 55.0 Å². The zero-order chi connectivity index (χ0) is 25.9. The van der Waals surface area contributed by atoms with E-state index in [9.17, 15) is 9.59 Å². The number of hydrogen-bond donors (Lipinski definition) is 1. The van der Waals surface area contributed by atoms with E-state index in [0.717, 1.165) is 24.3 Å². The third-order valence-electron chi connectivity index (χ3n) is 7.30. The van der Waals surface area contributed by atoms with E-state index in [-0.39, 0.29) is 11.6 Å². The van der Waals surface area contributed by atoms with Crippen LogP contribution in [0, 0.1) is 6.92 Å². The van der Waals surface area contributed by atoms with Crippen molar-refractivity contribution in [3.05, 3.63) is 77.6 Å². The van der Waals surface area contributed by atoms with Crippen LogP contribution in [0.15, 0.2) is 55.1 Å². The Morgan fingerprint density at radius 3 is 2.30 bits per heavy atom. The summed E-state index contributed by atoms with van der Waals surface area (Å²) in [6.45, 7) is 9.84. The zero-order valence-electron chi connectivity index (χ0n) is 21.6. The second kappa shape index (κ2) is 10.6. The van der Waals surface area contributed by atoms with Crippen molar-refractivity contribution in [2.75, 3.05) is 42.5 Å². The lowest BCUT2D eigenvalue weighted by Gasteiger charge is -2.39. The van der Waals surface area contributed by atoms with Crippen LogP contribution in [0.5, 0.6) is 0 Å². The summed E-state index contributed by atoms with van der Waals surface area (Å²) in [6.07, 6.45) is 6.68. The molecule has 2 N–H and O–H groups in total. The fourth-order valence-corrected chi connectivity index (χ4v) is 5.20. The average Bonchev–Trinajstić information content (AvgIpc) is 3.81. The van der Waals surface area contributed by atoms with E-state index in [1.165, 1.54) is 52.9 Å². The molecule has 37 heavy (non-hydrogen) atoms. The van der Waals surface area contributed by atoms with Gasteiger partial charge in [-0.3, -0.25) is 9.59 Å².